The number of nitrogens with zero attached hydrogens (tertiary/aromatic N) is 2. The van der Waals surface area contributed by atoms with E-state index in [1.807, 2.05) is 81.4 Å². The number of amides is 2. The highest BCUT2D eigenvalue weighted by Gasteiger charge is 2.35. The van der Waals surface area contributed by atoms with Crippen LogP contribution in [0.3, 0.4) is 0 Å². The normalized spacial score (nSPS) is 14.1. The van der Waals surface area contributed by atoms with E-state index in [-0.39, 0.29) is 23.4 Å². The van der Waals surface area contributed by atoms with E-state index in [4.69, 9.17) is 0 Å². The fourth-order valence-corrected chi connectivity index (χ4v) is 7.37. The van der Waals surface area contributed by atoms with E-state index >= 15 is 0 Å². The van der Waals surface area contributed by atoms with E-state index in [1.54, 1.807) is 35.2 Å². The summed E-state index contributed by atoms with van der Waals surface area (Å²) < 4.78 is 29.5. The van der Waals surface area contributed by atoms with Crippen molar-refractivity contribution >= 4 is 27.5 Å². The largest absolute Gasteiger partial charge is 0.352 e. The number of nitrogens with one attached hydrogen (secondary N) is 1. The molecule has 1 N–H and O–H groups in total. The summed E-state index contributed by atoms with van der Waals surface area (Å²) in [6.45, 7) is 5.56. The Morgan fingerprint density at radius 2 is 1.41 bits per heavy atom. The summed E-state index contributed by atoms with van der Waals surface area (Å²) in [6.07, 6.45) is 4.23. The van der Waals surface area contributed by atoms with Gasteiger partial charge in [0.05, 0.1) is 10.6 Å². The predicted molar refractivity (Wildman–Crippen MR) is 183 cm³/mol. The molecule has 0 heterocycles. The Bertz CT molecular complexity index is 1740. The van der Waals surface area contributed by atoms with Crippen molar-refractivity contribution in [1.82, 2.24) is 10.2 Å². The summed E-state index contributed by atoms with van der Waals surface area (Å²) in [4.78, 5) is 30.4. The molecule has 4 aromatic rings. The van der Waals surface area contributed by atoms with Gasteiger partial charge in [0, 0.05) is 19.0 Å². The number of hydrogen-bond acceptors (Lipinski definition) is 4. The van der Waals surface area contributed by atoms with Crippen LogP contribution < -0.4 is 9.62 Å². The molecular weight excluding hydrogens is 595 g/mol. The van der Waals surface area contributed by atoms with Gasteiger partial charge in [-0.2, -0.15) is 0 Å². The Hall–Kier alpha value is -4.43. The van der Waals surface area contributed by atoms with Gasteiger partial charge in [0.2, 0.25) is 11.8 Å². The molecule has 46 heavy (non-hydrogen) atoms. The third-order valence-corrected chi connectivity index (χ3v) is 10.6. The molecular formula is C38H43N3O4S. The standard InChI is InChI=1S/C38H43N3O4S/c1-28-18-21-32(22-19-28)26-40(36(25-31-12-6-4-7-13-31)38(43)39-33-14-10-11-15-33)37(42)27-41(34-23-20-29(2)30(3)24-34)46(44,45)35-16-8-5-9-17-35/h4-9,12-13,16-24,33,36H,10-11,14-15,25-27H2,1-3H3,(H,39,43). The van der Waals surface area contributed by atoms with Crippen LogP contribution in [0, 0.1) is 20.8 Å². The number of rotatable bonds is 12. The molecule has 1 saturated carbocycles. The number of carbonyl (C=O) groups excluding carboxylic acids is 2. The maximum Gasteiger partial charge on any atom is 0.264 e. The van der Waals surface area contributed by atoms with Crippen molar-refractivity contribution in [2.45, 2.75) is 76.4 Å². The van der Waals surface area contributed by atoms with Crippen molar-refractivity contribution in [2.24, 2.45) is 0 Å². The summed E-state index contributed by atoms with van der Waals surface area (Å²) in [7, 11) is -4.13. The van der Waals surface area contributed by atoms with Crippen molar-refractivity contribution in [2.75, 3.05) is 10.8 Å². The van der Waals surface area contributed by atoms with E-state index in [0.717, 1.165) is 53.5 Å². The lowest BCUT2D eigenvalue weighted by Crippen LogP contribution is -2.54. The second-order valence-corrected chi connectivity index (χ2v) is 14.2. The molecule has 0 aromatic heterocycles. The maximum absolute atomic E-state index is 14.6. The molecule has 1 atom stereocenters. The first-order valence-corrected chi connectivity index (χ1v) is 17.4. The van der Waals surface area contributed by atoms with Crippen LogP contribution in [0.5, 0.6) is 0 Å². The summed E-state index contributed by atoms with van der Waals surface area (Å²) in [5, 5.41) is 3.22. The predicted octanol–water partition coefficient (Wildman–Crippen LogP) is 6.51. The van der Waals surface area contributed by atoms with E-state index in [2.05, 4.69) is 5.32 Å². The van der Waals surface area contributed by atoms with E-state index in [0.29, 0.717) is 12.1 Å². The molecule has 1 unspecified atom stereocenters. The van der Waals surface area contributed by atoms with Crippen LogP contribution in [0.25, 0.3) is 0 Å². The summed E-state index contributed by atoms with van der Waals surface area (Å²) in [6, 6.07) is 30.3. The molecule has 1 fully saturated rings. The van der Waals surface area contributed by atoms with Crippen molar-refractivity contribution in [1.29, 1.82) is 0 Å². The Kier molecular flexibility index (Phi) is 10.6. The van der Waals surface area contributed by atoms with Crippen LogP contribution in [0.4, 0.5) is 5.69 Å². The fourth-order valence-electron chi connectivity index (χ4n) is 5.94. The maximum atomic E-state index is 14.6. The average molecular weight is 638 g/mol. The Balaban J connectivity index is 1.57. The second kappa shape index (κ2) is 14.8. The molecule has 4 aromatic carbocycles. The number of carbonyl (C=O) groups is 2. The number of anilines is 1. The quantitative estimate of drug-likeness (QED) is 0.192. The Morgan fingerprint density at radius 1 is 0.783 bits per heavy atom. The molecule has 0 aliphatic heterocycles. The minimum absolute atomic E-state index is 0.0626. The molecule has 8 heteroatoms. The minimum atomic E-state index is -4.13. The zero-order valence-corrected chi connectivity index (χ0v) is 27.7. The summed E-state index contributed by atoms with van der Waals surface area (Å²) in [5.41, 5.74) is 5.17. The third-order valence-electron chi connectivity index (χ3n) is 8.83. The number of hydrogen-bond donors (Lipinski definition) is 1. The van der Waals surface area contributed by atoms with E-state index in [9.17, 15) is 18.0 Å². The zero-order valence-electron chi connectivity index (χ0n) is 26.9. The first kappa shape index (κ1) is 32.9. The molecule has 0 saturated heterocycles. The van der Waals surface area contributed by atoms with Gasteiger partial charge in [-0.1, -0.05) is 97.3 Å². The van der Waals surface area contributed by atoms with Crippen molar-refractivity contribution in [3.8, 4) is 0 Å². The molecule has 240 valence electrons. The molecule has 1 aliphatic rings. The minimum Gasteiger partial charge on any atom is -0.352 e. The van der Waals surface area contributed by atoms with Gasteiger partial charge in [-0.05, 0) is 80.1 Å². The van der Waals surface area contributed by atoms with E-state index in [1.165, 1.54) is 16.4 Å². The number of sulfonamides is 1. The Labute approximate surface area is 273 Å². The lowest BCUT2D eigenvalue weighted by molar-refractivity contribution is -0.140. The van der Waals surface area contributed by atoms with Gasteiger partial charge in [-0.15, -0.1) is 0 Å². The molecule has 0 radical (unpaired) electrons. The fraction of sp³-hybridized carbons (Fsp3) is 0.316. The van der Waals surface area contributed by atoms with Crippen LogP contribution in [-0.4, -0.2) is 43.8 Å². The van der Waals surface area contributed by atoms with Crippen molar-refractivity contribution < 1.29 is 18.0 Å². The van der Waals surface area contributed by atoms with Crippen LogP contribution >= 0.6 is 0 Å². The lowest BCUT2D eigenvalue weighted by Gasteiger charge is -2.34. The first-order chi connectivity index (χ1) is 22.1. The van der Waals surface area contributed by atoms with Gasteiger partial charge in [0.1, 0.15) is 12.6 Å². The van der Waals surface area contributed by atoms with Crippen LogP contribution in [0.1, 0.15) is 53.5 Å². The molecule has 1 aliphatic carbocycles. The van der Waals surface area contributed by atoms with Gasteiger partial charge in [0.15, 0.2) is 0 Å². The molecule has 0 bridgehead atoms. The molecule has 5 rings (SSSR count). The highest BCUT2D eigenvalue weighted by atomic mass is 32.2. The summed E-state index contributed by atoms with van der Waals surface area (Å²) >= 11 is 0. The molecule has 0 spiro atoms. The third kappa shape index (κ3) is 8.04. The zero-order chi connectivity index (χ0) is 32.7. The highest BCUT2D eigenvalue weighted by Crippen LogP contribution is 2.27. The summed E-state index contributed by atoms with van der Waals surface area (Å²) in [5.74, 6) is -0.680. The smallest absolute Gasteiger partial charge is 0.264 e. The topological polar surface area (TPSA) is 86.8 Å². The SMILES string of the molecule is Cc1ccc(CN(C(=O)CN(c2ccc(C)c(C)c2)S(=O)(=O)c2ccccc2)C(Cc2ccccc2)C(=O)NC2CCCC2)cc1. The van der Waals surface area contributed by atoms with Gasteiger partial charge >= 0.3 is 0 Å². The van der Waals surface area contributed by atoms with Gasteiger partial charge in [-0.3, -0.25) is 13.9 Å². The first-order valence-electron chi connectivity index (χ1n) is 16.0. The Morgan fingerprint density at radius 3 is 2.04 bits per heavy atom. The highest BCUT2D eigenvalue weighted by molar-refractivity contribution is 7.92. The van der Waals surface area contributed by atoms with Gasteiger partial charge in [-0.25, -0.2) is 8.42 Å². The van der Waals surface area contributed by atoms with Crippen LogP contribution in [0.2, 0.25) is 0 Å². The van der Waals surface area contributed by atoms with Crippen LogP contribution in [-0.2, 0) is 32.6 Å². The van der Waals surface area contributed by atoms with Crippen molar-refractivity contribution in [3.63, 3.8) is 0 Å². The average Bonchev–Trinajstić information content (AvgIpc) is 3.57. The number of aryl methyl sites for hydroxylation is 3. The van der Waals surface area contributed by atoms with Gasteiger partial charge < -0.3 is 10.2 Å². The van der Waals surface area contributed by atoms with E-state index < -0.39 is 28.5 Å². The second-order valence-electron chi connectivity index (χ2n) is 12.3. The molecule has 7 nitrogen and oxygen atoms in total. The number of benzene rings is 4. The lowest BCUT2D eigenvalue weighted by atomic mass is 10.0. The van der Waals surface area contributed by atoms with Gasteiger partial charge in [0.25, 0.3) is 10.0 Å². The molecule has 2 amide bonds. The van der Waals surface area contributed by atoms with Crippen molar-refractivity contribution in [3.05, 3.63) is 131 Å². The van der Waals surface area contributed by atoms with Crippen LogP contribution in [0.15, 0.2) is 108 Å². The monoisotopic (exact) mass is 637 g/mol.